The summed E-state index contributed by atoms with van der Waals surface area (Å²) in [5.74, 6) is 0. The Morgan fingerprint density at radius 2 is 2.25 bits per heavy atom. The average Bonchev–Trinajstić information content (AvgIpc) is 2.32. The van der Waals surface area contributed by atoms with Gasteiger partial charge in [0.25, 0.3) is 0 Å². The van der Waals surface area contributed by atoms with Crippen LogP contribution in [0.2, 0.25) is 0 Å². The molecule has 4 nitrogen and oxygen atoms in total. The van der Waals surface area contributed by atoms with Gasteiger partial charge in [-0.1, -0.05) is 0 Å². The Balaban J connectivity index is 2.78. The van der Waals surface area contributed by atoms with E-state index in [1.807, 2.05) is 0 Å². The minimum Gasteiger partial charge on any atom is -0.326 e. The van der Waals surface area contributed by atoms with Gasteiger partial charge in [-0.05, 0) is 12.1 Å². The molecule has 3 N–H and O–H groups in total. The highest BCUT2D eigenvalue weighted by Crippen LogP contribution is 2.21. The first-order chi connectivity index (χ1) is 5.51. The third-order valence-corrected chi connectivity index (χ3v) is 2.89. The third-order valence-electron chi connectivity index (χ3n) is 1.15. The second-order valence-electron chi connectivity index (χ2n) is 2.34. The number of thiophene rings is 1. The van der Waals surface area contributed by atoms with E-state index < -0.39 is 10.0 Å². The fraction of sp³-hybridized carbons (Fsp3) is 0.333. The lowest BCUT2D eigenvalue weighted by atomic mass is 10.5. The molecule has 0 aliphatic carbocycles. The molecule has 0 saturated carbocycles. The molecular weight excluding hydrogens is 196 g/mol. The lowest BCUT2D eigenvalue weighted by molar-refractivity contribution is 0.607. The fourth-order valence-electron chi connectivity index (χ4n) is 0.725. The van der Waals surface area contributed by atoms with Crippen LogP contribution < -0.4 is 10.5 Å². The Bertz CT molecular complexity index is 355. The highest BCUT2D eigenvalue weighted by Gasteiger charge is 2.03. The molecule has 68 valence electrons. The third kappa shape index (κ3) is 2.80. The van der Waals surface area contributed by atoms with Gasteiger partial charge in [-0.2, -0.15) is 0 Å². The van der Waals surface area contributed by atoms with E-state index in [0.717, 1.165) is 11.1 Å². The molecule has 0 unspecified atom stereocenters. The van der Waals surface area contributed by atoms with Crippen LogP contribution in [0.15, 0.2) is 12.1 Å². The molecule has 12 heavy (non-hydrogen) atoms. The van der Waals surface area contributed by atoms with Crippen molar-refractivity contribution in [2.45, 2.75) is 6.54 Å². The molecule has 0 radical (unpaired) electrons. The second kappa shape index (κ2) is 3.42. The van der Waals surface area contributed by atoms with Crippen LogP contribution in [0.25, 0.3) is 0 Å². The average molecular weight is 206 g/mol. The van der Waals surface area contributed by atoms with Crippen LogP contribution in [-0.4, -0.2) is 14.7 Å². The van der Waals surface area contributed by atoms with Gasteiger partial charge < -0.3 is 5.73 Å². The van der Waals surface area contributed by atoms with E-state index in [1.165, 1.54) is 11.3 Å². The van der Waals surface area contributed by atoms with Crippen molar-refractivity contribution in [3.05, 3.63) is 17.0 Å². The maximum absolute atomic E-state index is 10.8. The van der Waals surface area contributed by atoms with Gasteiger partial charge in [-0.3, -0.25) is 4.72 Å². The smallest absolute Gasteiger partial charge is 0.230 e. The van der Waals surface area contributed by atoms with Gasteiger partial charge in [-0.25, -0.2) is 8.42 Å². The van der Waals surface area contributed by atoms with Crippen LogP contribution in [0.5, 0.6) is 0 Å². The lowest BCUT2D eigenvalue weighted by Gasteiger charge is -1.97. The normalized spacial score (nSPS) is 11.5. The van der Waals surface area contributed by atoms with Crippen molar-refractivity contribution < 1.29 is 8.42 Å². The first-order valence-electron chi connectivity index (χ1n) is 3.28. The number of rotatable bonds is 3. The molecule has 0 amide bonds. The molecule has 1 rings (SSSR count). The second-order valence-corrected chi connectivity index (χ2v) is 5.26. The number of anilines is 1. The Morgan fingerprint density at radius 3 is 2.67 bits per heavy atom. The predicted molar refractivity (Wildman–Crippen MR) is 50.7 cm³/mol. The van der Waals surface area contributed by atoms with E-state index in [1.54, 1.807) is 12.1 Å². The summed E-state index contributed by atoms with van der Waals surface area (Å²) in [6.07, 6.45) is 1.12. The lowest BCUT2D eigenvalue weighted by Crippen LogP contribution is -2.07. The van der Waals surface area contributed by atoms with Crippen LogP contribution in [-0.2, 0) is 16.6 Å². The number of hydrogen-bond donors (Lipinski definition) is 2. The number of sulfonamides is 1. The molecule has 1 heterocycles. The molecule has 1 aromatic heterocycles. The van der Waals surface area contributed by atoms with Crippen LogP contribution >= 0.6 is 11.3 Å². The van der Waals surface area contributed by atoms with Gasteiger partial charge in [0.05, 0.1) is 6.26 Å². The summed E-state index contributed by atoms with van der Waals surface area (Å²) in [6.45, 7) is 0.441. The molecule has 0 spiro atoms. The zero-order valence-corrected chi connectivity index (χ0v) is 8.21. The van der Waals surface area contributed by atoms with Gasteiger partial charge >= 0.3 is 0 Å². The molecule has 6 heteroatoms. The summed E-state index contributed by atoms with van der Waals surface area (Å²) >= 11 is 1.34. The number of nitrogens with one attached hydrogen (secondary N) is 1. The molecule has 1 aromatic rings. The molecule has 0 saturated heterocycles. The standard InChI is InChI=1S/C6H10N2O2S2/c1-12(9,10)8-6-3-2-5(4-7)11-6/h2-3,8H,4,7H2,1H3. The Labute approximate surface area is 75.5 Å². The summed E-state index contributed by atoms with van der Waals surface area (Å²) in [7, 11) is -3.15. The van der Waals surface area contributed by atoms with Crippen molar-refractivity contribution in [1.82, 2.24) is 0 Å². The van der Waals surface area contributed by atoms with Crippen molar-refractivity contribution in [3.63, 3.8) is 0 Å². The Morgan fingerprint density at radius 1 is 1.58 bits per heavy atom. The van der Waals surface area contributed by atoms with E-state index >= 15 is 0 Å². The molecule has 0 bridgehead atoms. The molecular formula is C6H10N2O2S2. The molecule has 0 aromatic carbocycles. The topological polar surface area (TPSA) is 72.2 Å². The minimum atomic E-state index is -3.15. The van der Waals surface area contributed by atoms with Crippen LogP contribution in [0.1, 0.15) is 4.88 Å². The van der Waals surface area contributed by atoms with Gasteiger partial charge in [0.2, 0.25) is 10.0 Å². The summed E-state index contributed by atoms with van der Waals surface area (Å²) in [4.78, 5) is 0.959. The Hall–Kier alpha value is -0.590. The van der Waals surface area contributed by atoms with Gasteiger partial charge in [-0.15, -0.1) is 11.3 Å². The van der Waals surface area contributed by atoms with E-state index in [2.05, 4.69) is 4.72 Å². The minimum absolute atomic E-state index is 0.441. The first-order valence-corrected chi connectivity index (χ1v) is 5.98. The largest absolute Gasteiger partial charge is 0.326 e. The highest BCUT2D eigenvalue weighted by atomic mass is 32.2. The van der Waals surface area contributed by atoms with Gasteiger partial charge in [0.15, 0.2) is 0 Å². The fourth-order valence-corrected chi connectivity index (χ4v) is 2.42. The Kier molecular flexibility index (Phi) is 2.71. The monoisotopic (exact) mass is 206 g/mol. The quantitative estimate of drug-likeness (QED) is 0.759. The maximum Gasteiger partial charge on any atom is 0.230 e. The van der Waals surface area contributed by atoms with E-state index in [0.29, 0.717) is 11.5 Å². The zero-order chi connectivity index (χ0) is 9.19. The summed E-state index contributed by atoms with van der Waals surface area (Å²) < 4.78 is 23.9. The van der Waals surface area contributed by atoms with Gasteiger partial charge in [0, 0.05) is 11.4 Å². The number of nitrogens with two attached hydrogens (primary N) is 1. The van der Waals surface area contributed by atoms with Crippen molar-refractivity contribution in [1.29, 1.82) is 0 Å². The molecule has 0 fully saturated rings. The molecule has 0 aliphatic rings. The van der Waals surface area contributed by atoms with Crippen LogP contribution in [0, 0.1) is 0 Å². The summed E-state index contributed by atoms with van der Waals surface area (Å²) in [5.41, 5.74) is 5.36. The molecule has 0 atom stereocenters. The van der Waals surface area contributed by atoms with Crippen LogP contribution in [0.4, 0.5) is 5.00 Å². The zero-order valence-electron chi connectivity index (χ0n) is 6.57. The van der Waals surface area contributed by atoms with Crippen molar-refractivity contribution in [3.8, 4) is 0 Å². The summed E-state index contributed by atoms with van der Waals surface area (Å²) in [6, 6.07) is 3.51. The van der Waals surface area contributed by atoms with E-state index in [4.69, 9.17) is 5.73 Å². The van der Waals surface area contributed by atoms with Crippen molar-refractivity contribution in [2.75, 3.05) is 11.0 Å². The van der Waals surface area contributed by atoms with Crippen molar-refractivity contribution >= 4 is 26.4 Å². The number of hydrogen-bond acceptors (Lipinski definition) is 4. The van der Waals surface area contributed by atoms with E-state index in [9.17, 15) is 8.42 Å². The van der Waals surface area contributed by atoms with E-state index in [-0.39, 0.29) is 0 Å². The predicted octanol–water partition coefficient (Wildman–Crippen LogP) is 0.578. The highest BCUT2D eigenvalue weighted by molar-refractivity contribution is 7.92. The molecule has 0 aliphatic heterocycles. The first kappa shape index (κ1) is 9.50. The SMILES string of the molecule is CS(=O)(=O)Nc1ccc(CN)s1. The van der Waals surface area contributed by atoms with Crippen molar-refractivity contribution in [2.24, 2.45) is 5.73 Å². The maximum atomic E-state index is 10.8. The summed E-state index contributed by atoms with van der Waals surface area (Å²) in [5, 5.41) is 0.609. The van der Waals surface area contributed by atoms with Crippen LogP contribution in [0.3, 0.4) is 0 Å². The van der Waals surface area contributed by atoms with Gasteiger partial charge in [0.1, 0.15) is 5.00 Å².